The summed E-state index contributed by atoms with van der Waals surface area (Å²) in [6, 6.07) is 4.10. The minimum atomic E-state index is 0.0833. The van der Waals surface area contributed by atoms with Gasteiger partial charge in [0.05, 0.1) is 6.61 Å². The van der Waals surface area contributed by atoms with Gasteiger partial charge in [0.2, 0.25) is 0 Å². The van der Waals surface area contributed by atoms with Crippen LogP contribution in [0, 0.1) is 5.92 Å². The molecule has 1 aliphatic heterocycles. The number of hydrogen-bond donors (Lipinski definition) is 0. The second kappa shape index (κ2) is 5.12. The molecular weight excluding hydrogens is 188 g/mol. The van der Waals surface area contributed by atoms with Gasteiger partial charge in [-0.1, -0.05) is 0 Å². The molecular formula is C12H17N2O. The van der Waals surface area contributed by atoms with E-state index in [1.165, 1.54) is 5.69 Å². The Labute approximate surface area is 90.8 Å². The zero-order chi connectivity index (χ0) is 10.5. The van der Waals surface area contributed by atoms with E-state index in [9.17, 15) is 5.11 Å². The van der Waals surface area contributed by atoms with E-state index in [2.05, 4.69) is 9.88 Å². The molecule has 0 aliphatic carbocycles. The van der Waals surface area contributed by atoms with Crippen LogP contribution in [0.2, 0.25) is 0 Å². The van der Waals surface area contributed by atoms with Crippen LogP contribution < -0.4 is 4.90 Å². The van der Waals surface area contributed by atoms with Gasteiger partial charge in [0, 0.05) is 31.2 Å². The topological polar surface area (TPSA) is 36.0 Å². The molecule has 2 rings (SSSR count). The van der Waals surface area contributed by atoms with Crippen molar-refractivity contribution in [1.29, 1.82) is 0 Å². The first-order chi connectivity index (χ1) is 7.40. The molecule has 0 aromatic carbocycles. The summed E-state index contributed by atoms with van der Waals surface area (Å²) in [5.74, 6) is 0.653. The molecule has 1 aliphatic rings. The Bertz CT molecular complexity index is 281. The molecule has 1 fully saturated rings. The zero-order valence-electron chi connectivity index (χ0n) is 8.93. The predicted molar refractivity (Wildman–Crippen MR) is 59.3 cm³/mol. The monoisotopic (exact) mass is 205 g/mol. The Kier molecular flexibility index (Phi) is 3.56. The summed E-state index contributed by atoms with van der Waals surface area (Å²) in [7, 11) is 0. The molecule has 1 radical (unpaired) electrons. The predicted octanol–water partition coefficient (Wildman–Crippen LogP) is 2.12. The van der Waals surface area contributed by atoms with Gasteiger partial charge in [-0.15, -0.1) is 0 Å². The number of hydrogen-bond acceptors (Lipinski definition) is 2. The van der Waals surface area contributed by atoms with Gasteiger partial charge in [0.1, 0.15) is 0 Å². The number of pyridine rings is 1. The summed E-state index contributed by atoms with van der Waals surface area (Å²) in [6.07, 6.45) is 6.83. The summed E-state index contributed by atoms with van der Waals surface area (Å²) in [5, 5.41) is 10.5. The third kappa shape index (κ3) is 2.69. The smallest absolute Gasteiger partial charge is 0.0825 e. The van der Waals surface area contributed by atoms with Crippen molar-refractivity contribution in [1.82, 2.24) is 4.98 Å². The van der Waals surface area contributed by atoms with Gasteiger partial charge >= 0.3 is 0 Å². The maximum atomic E-state index is 10.5. The summed E-state index contributed by atoms with van der Waals surface area (Å²) < 4.78 is 0. The van der Waals surface area contributed by atoms with E-state index in [0.29, 0.717) is 5.92 Å². The van der Waals surface area contributed by atoms with Gasteiger partial charge in [0.15, 0.2) is 0 Å². The fourth-order valence-electron chi connectivity index (χ4n) is 2.20. The van der Waals surface area contributed by atoms with Crippen molar-refractivity contribution >= 4 is 5.69 Å². The number of rotatable bonds is 3. The Hall–Kier alpha value is -1.09. The van der Waals surface area contributed by atoms with Crippen molar-refractivity contribution in [3.05, 3.63) is 24.5 Å². The lowest BCUT2D eigenvalue weighted by Gasteiger charge is -2.33. The average molecular weight is 205 g/mol. The summed E-state index contributed by atoms with van der Waals surface area (Å²) in [4.78, 5) is 6.39. The minimum absolute atomic E-state index is 0.0833. The molecule has 1 aromatic heterocycles. The van der Waals surface area contributed by atoms with Crippen molar-refractivity contribution in [3.8, 4) is 0 Å². The number of anilines is 1. The molecule has 0 atom stereocenters. The van der Waals surface area contributed by atoms with Crippen LogP contribution in [0.4, 0.5) is 5.69 Å². The molecule has 3 nitrogen and oxygen atoms in total. The minimum Gasteiger partial charge on any atom is -0.371 e. The zero-order valence-corrected chi connectivity index (χ0v) is 8.93. The highest BCUT2D eigenvalue weighted by atomic mass is 16.3. The fraction of sp³-hybridized carbons (Fsp3) is 0.583. The van der Waals surface area contributed by atoms with Gasteiger partial charge < -0.3 is 4.90 Å². The van der Waals surface area contributed by atoms with Crippen molar-refractivity contribution in [3.63, 3.8) is 0 Å². The maximum Gasteiger partial charge on any atom is 0.0825 e. The molecule has 0 amide bonds. The van der Waals surface area contributed by atoms with E-state index in [1.807, 2.05) is 24.5 Å². The van der Waals surface area contributed by atoms with E-state index in [0.717, 1.165) is 32.4 Å². The Morgan fingerprint density at radius 2 is 1.93 bits per heavy atom. The summed E-state index contributed by atoms with van der Waals surface area (Å²) in [5.41, 5.74) is 1.26. The van der Waals surface area contributed by atoms with Crippen LogP contribution >= 0.6 is 0 Å². The maximum absolute atomic E-state index is 10.5. The summed E-state index contributed by atoms with van der Waals surface area (Å²) >= 11 is 0. The molecule has 0 saturated carbocycles. The van der Waals surface area contributed by atoms with Gasteiger partial charge in [-0.05, 0) is 37.3 Å². The molecule has 0 unspecified atom stereocenters. The third-order valence-electron chi connectivity index (χ3n) is 3.17. The first-order valence-electron chi connectivity index (χ1n) is 5.63. The van der Waals surface area contributed by atoms with E-state index >= 15 is 0 Å². The molecule has 15 heavy (non-hydrogen) atoms. The molecule has 81 valence electrons. The number of aromatic nitrogens is 1. The standard InChI is InChI=1S/C12H17N2O/c15-10-5-11-3-8-14(9-4-11)12-1-6-13-7-2-12/h1-2,6-7,11H,3-5,8-10H2. The molecule has 0 bridgehead atoms. The summed E-state index contributed by atoms with van der Waals surface area (Å²) in [6.45, 7) is 2.24. The van der Waals surface area contributed by atoms with Crippen molar-refractivity contribution in [2.24, 2.45) is 5.92 Å². The van der Waals surface area contributed by atoms with Crippen LogP contribution in [-0.2, 0) is 5.11 Å². The molecule has 2 heterocycles. The average Bonchev–Trinajstić information content (AvgIpc) is 2.32. The Balaban J connectivity index is 1.88. The van der Waals surface area contributed by atoms with Crippen LogP contribution in [0.1, 0.15) is 19.3 Å². The lowest BCUT2D eigenvalue weighted by molar-refractivity contribution is 0.163. The second-order valence-electron chi connectivity index (χ2n) is 4.13. The first-order valence-corrected chi connectivity index (χ1v) is 5.63. The molecule has 1 aromatic rings. The largest absolute Gasteiger partial charge is 0.371 e. The van der Waals surface area contributed by atoms with Crippen LogP contribution in [0.5, 0.6) is 0 Å². The quantitative estimate of drug-likeness (QED) is 0.757. The van der Waals surface area contributed by atoms with E-state index in [4.69, 9.17) is 0 Å². The molecule has 3 heteroatoms. The van der Waals surface area contributed by atoms with Crippen LogP contribution in [-0.4, -0.2) is 24.7 Å². The van der Waals surface area contributed by atoms with E-state index < -0.39 is 0 Å². The van der Waals surface area contributed by atoms with Crippen molar-refractivity contribution in [2.45, 2.75) is 19.3 Å². The van der Waals surface area contributed by atoms with Gasteiger partial charge in [-0.3, -0.25) is 4.98 Å². The van der Waals surface area contributed by atoms with E-state index in [1.54, 1.807) is 0 Å². The molecule has 0 N–H and O–H groups in total. The van der Waals surface area contributed by atoms with Gasteiger partial charge in [0.25, 0.3) is 0 Å². The van der Waals surface area contributed by atoms with Crippen LogP contribution in [0.25, 0.3) is 0 Å². The Morgan fingerprint density at radius 3 is 2.53 bits per heavy atom. The van der Waals surface area contributed by atoms with E-state index in [-0.39, 0.29) is 6.61 Å². The normalized spacial score (nSPS) is 18.1. The van der Waals surface area contributed by atoms with Crippen molar-refractivity contribution in [2.75, 3.05) is 24.6 Å². The SMILES string of the molecule is [O]CCC1CCN(c2ccncc2)CC1. The van der Waals surface area contributed by atoms with Crippen molar-refractivity contribution < 1.29 is 5.11 Å². The fourth-order valence-corrected chi connectivity index (χ4v) is 2.20. The Morgan fingerprint density at radius 1 is 1.27 bits per heavy atom. The lowest BCUT2D eigenvalue weighted by Crippen LogP contribution is -2.33. The molecule has 0 spiro atoms. The van der Waals surface area contributed by atoms with Gasteiger partial charge in [-0.25, -0.2) is 5.11 Å². The number of piperidine rings is 1. The lowest BCUT2D eigenvalue weighted by atomic mass is 9.94. The molecule has 1 saturated heterocycles. The second-order valence-corrected chi connectivity index (χ2v) is 4.13. The highest BCUT2D eigenvalue weighted by molar-refractivity contribution is 5.44. The highest BCUT2D eigenvalue weighted by Gasteiger charge is 2.18. The number of nitrogens with zero attached hydrogens (tertiary/aromatic N) is 2. The first kappa shape index (κ1) is 10.4. The van der Waals surface area contributed by atoms with Gasteiger partial charge in [-0.2, -0.15) is 0 Å². The van der Waals surface area contributed by atoms with Crippen LogP contribution in [0.15, 0.2) is 24.5 Å². The third-order valence-corrected chi connectivity index (χ3v) is 3.17. The highest BCUT2D eigenvalue weighted by Crippen LogP contribution is 2.24. The van der Waals surface area contributed by atoms with Crippen LogP contribution in [0.3, 0.4) is 0 Å².